The molecule has 1 heterocycles. The van der Waals surface area contributed by atoms with Crippen LogP contribution in [0.25, 0.3) is 0 Å². The zero-order valence-electron chi connectivity index (χ0n) is 6.47. The van der Waals surface area contributed by atoms with Crippen LogP contribution in [0.3, 0.4) is 0 Å². The first kappa shape index (κ1) is 7.72. The largest absolute Gasteiger partial charge is 0.326 e. The SMILES string of the molecule is Cc1cc(C)c(C=O)c(=O)[nH]1. The van der Waals surface area contributed by atoms with E-state index in [1.54, 1.807) is 19.9 Å². The lowest BCUT2D eigenvalue weighted by molar-refractivity contribution is 0.112. The minimum atomic E-state index is -0.308. The summed E-state index contributed by atoms with van der Waals surface area (Å²) in [5.41, 5.74) is 1.41. The van der Waals surface area contributed by atoms with Crippen LogP contribution in [0, 0.1) is 13.8 Å². The average molecular weight is 151 g/mol. The molecule has 0 saturated carbocycles. The van der Waals surface area contributed by atoms with Gasteiger partial charge in [0.25, 0.3) is 5.56 Å². The van der Waals surface area contributed by atoms with Crippen molar-refractivity contribution in [3.8, 4) is 0 Å². The van der Waals surface area contributed by atoms with Gasteiger partial charge in [0, 0.05) is 5.69 Å². The van der Waals surface area contributed by atoms with Crippen LogP contribution >= 0.6 is 0 Å². The molecule has 0 saturated heterocycles. The van der Waals surface area contributed by atoms with Crippen LogP contribution in [0.1, 0.15) is 21.6 Å². The third-order valence-electron chi connectivity index (χ3n) is 1.53. The topological polar surface area (TPSA) is 49.9 Å². The first-order chi connectivity index (χ1) is 5.15. The Labute approximate surface area is 64.1 Å². The number of hydrogen-bond acceptors (Lipinski definition) is 2. The van der Waals surface area contributed by atoms with E-state index >= 15 is 0 Å². The summed E-state index contributed by atoms with van der Waals surface area (Å²) in [7, 11) is 0. The summed E-state index contributed by atoms with van der Waals surface area (Å²) in [5.74, 6) is 0. The molecule has 58 valence electrons. The van der Waals surface area contributed by atoms with Crippen LogP contribution in [-0.2, 0) is 0 Å². The lowest BCUT2D eigenvalue weighted by atomic mass is 10.1. The van der Waals surface area contributed by atoms with E-state index in [-0.39, 0.29) is 11.1 Å². The summed E-state index contributed by atoms with van der Waals surface area (Å²) in [6, 6.07) is 1.77. The predicted octanol–water partition coefficient (Wildman–Crippen LogP) is 0.804. The fraction of sp³-hybridized carbons (Fsp3) is 0.250. The van der Waals surface area contributed by atoms with Gasteiger partial charge >= 0.3 is 0 Å². The van der Waals surface area contributed by atoms with Gasteiger partial charge in [-0.1, -0.05) is 0 Å². The summed E-state index contributed by atoms with van der Waals surface area (Å²) in [4.78, 5) is 23.9. The highest BCUT2D eigenvalue weighted by atomic mass is 16.1. The van der Waals surface area contributed by atoms with Crippen molar-refractivity contribution in [1.29, 1.82) is 0 Å². The Hall–Kier alpha value is -1.38. The third kappa shape index (κ3) is 1.37. The number of nitrogens with one attached hydrogen (secondary N) is 1. The molecule has 0 aliphatic carbocycles. The molecule has 0 aromatic carbocycles. The van der Waals surface area contributed by atoms with E-state index in [4.69, 9.17) is 0 Å². The molecule has 0 unspecified atom stereocenters. The summed E-state index contributed by atoms with van der Waals surface area (Å²) < 4.78 is 0. The highest BCUT2D eigenvalue weighted by Crippen LogP contribution is 1.99. The molecule has 1 aromatic heterocycles. The maximum absolute atomic E-state index is 11.0. The number of carbonyl (C=O) groups is 1. The second kappa shape index (κ2) is 2.70. The van der Waals surface area contributed by atoms with Gasteiger partial charge in [0.2, 0.25) is 0 Å². The molecule has 3 nitrogen and oxygen atoms in total. The van der Waals surface area contributed by atoms with E-state index in [1.165, 1.54) is 0 Å². The number of carbonyl (C=O) groups excluding carboxylic acids is 1. The van der Waals surface area contributed by atoms with Crippen molar-refractivity contribution in [2.75, 3.05) is 0 Å². The van der Waals surface area contributed by atoms with Crippen molar-refractivity contribution in [2.24, 2.45) is 0 Å². The fourth-order valence-electron chi connectivity index (χ4n) is 1.01. The number of H-pyrrole nitrogens is 1. The molecule has 1 N–H and O–H groups in total. The number of aromatic nitrogens is 1. The minimum absolute atomic E-state index is 0.218. The molecule has 0 spiro atoms. The number of rotatable bonds is 1. The smallest absolute Gasteiger partial charge is 0.258 e. The predicted molar refractivity (Wildman–Crippen MR) is 41.9 cm³/mol. The van der Waals surface area contributed by atoms with Gasteiger partial charge in [-0.15, -0.1) is 0 Å². The monoisotopic (exact) mass is 151 g/mol. The van der Waals surface area contributed by atoms with Gasteiger partial charge in [0.05, 0.1) is 5.56 Å². The van der Waals surface area contributed by atoms with E-state index in [2.05, 4.69) is 4.98 Å². The van der Waals surface area contributed by atoms with E-state index in [9.17, 15) is 9.59 Å². The fourth-order valence-corrected chi connectivity index (χ4v) is 1.01. The van der Waals surface area contributed by atoms with Gasteiger partial charge < -0.3 is 4.98 Å². The highest BCUT2D eigenvalue weighted by Gasteiger charge is 2.01. The summed E-state index contributed by atoms with van der Waals surface area (Å²) >= 11 is 0. The van der Waals surface area contributed by atoms with Crippen molar-refractivity contribution in [1.82, 2.24) is 4.98 Å². The summed E-state index contributed by atoms with van der Waals surface area (Å²) in [6.07, 6.45) is 0.577. The Kier molecular flexibility index (Phi) is 1.89. The molecule has 1 rings (SSSR count). The number of aromatic amines is 1. The van der Waals surface area contributed by atoms with Crippen molar-refractivity contribution in [3.63, 3.8) is 0 Å². The first-order valence-corrected chi connectivity index (χ1v) is 3.31. The maximum Gasteiger partial charge on any atom is 0.258 e. The number of pyridine rings is 1. The van der Waals surface area contributed by atoms with E-state index < -0.39 is 0 Å². The molecule has 0 atom stereocenters. The quantitative estimate of drug-likeness (QED) is 0.603. The van der Waals surface area contributed by atoms with Crippen LogP contribution in [0.4, 0.5) is 0 Å². The maximum atomic E-state index is 11.0. The Balaban J connectivity index is 3.49. The van der Waals surface area contributed by atoms with Crippen molar-refractivity contribution in [3.05, 3.63) is 33.2 Å². The van der Waals surface area contributed by atoms with E-state index in [0.29, 0.717) is 6.29 Å². The van der Waals surface area contributed by atoms with Crippen LogP contribution < -0.4 is 5.56 Å². The summed E-state index contributed by atoms with van der Waals surface area (Å²) in [6.45, 7) is 3.52. The molecular weight excluding hydrogens is 142 g/mol. The van der Waals surface area contributed by atoms with Crippen LogP contribution in [-0.4, -0.2) is 11.3 Å². The van der Waals surface area contributed by atoms with Gasteiger partial charge in [-0.2, -0.15) is 0 Å². The molecule has 0 amide bonds. The molecule has 0 fully saturated rings. The molecular formula is C8H9NO2. The molecule has 0 radical (unpaired) electrons. The zero-order valence-corrected chi connectivity index (χ0v) is 6.47. The Bertz CT molecular complexity index is 338. The molecule has 11 heavy (non-hydrogen) atoms. The van der Waals surface area contributed by atoms with E-state index in [0.717, 1.165) is 11.3 Å². The Morgan fingerprint density at radius 3 is 2.55 bits per heavy atom. The molecule has 1 aromatic rings. The third-order valence-corrected chi connectivity index (χ3v) is 1.53. The molecule has 0 aliphatic rings. The molecule has 0 aliphatic heterocycles. The molecule has 3 heteroatoms. The Morgan fingerprint density at radius 1 is 1.45 bits per heavy atom. The van der Waals surface area contributed by atoms with Crippen molar-refractivity contribution >= 4 is 6.29 Å². The van der Waals surface area contributed by atoms with Gasteiger partial charge in [-0.05, 0) is 25.5 Å². The molecule has 0 bridgehead atoms. The van der Waals surface area contributed by atoms with Gasteiger partial charge in [0.1, 0.15) is 0 Å². The second-order valence-corrected chi connectivity index (χ2v) is 2.50. The zero-order chi connectivity index (χ0) is 8.43. The minimum Gasteiger partial charge on any atom is -0.326 e. The van der Waals surface area contributed by atoms with Crippen molar-refractivity contribution in [2.45, 2.75) is 13.8 Å². The lowest BCUT2D eigenvalue weighted by Gasteiger charge is -1.97. The van der Waals surface area contributed by atoms with Crippen LogP contribution in [0.5, 0.6) is 0 Å². The van der Waals surface area contributed by atoms with Crippen molar-refractivity contribution < 1.29 is 4.79 Å². The normalized spacial score (nSPS) is 9.64. The second-order valence-electron chi connectivity index (χ2n) is 2.50. The lowest BCUT2D eigenvalue weighted by Crippen LogP contribution is -2.14. The Morgan fingerprint density at radius 2 is 2.09 bits per heavy atom. The standard InChI is InChI=1S/C8H9NO2/c1-5-3-6(2)9-8(11)7(5)4-10/h3-4H,1-2H3,(H,9,11). The van der Waals surface area contributed by atoms with Gasteiger partial charge in [0.15, 0.2) is 6.29 Å². The highest BCUT2D eigenvalue weighted by molar-refractivity contribution is 5.76. The van der Waals surface area contributed by atoms with Gasteiger partial charge in [-0.25, -0.2) is 0 Å². The number of hydrogen-bond donors (Lipinski definition) is 1. The first-order valence-electron chi connectivity index (χ1n) is 3.31. The van der Waals surface area contributed by atoms with Gasteiger partial charge in [-0.3, -0.25) is 9.59 Å². The van der Waals surface area contributed by atoms with E-state index in [1.807, 2.05) is 0 Å². The number of aldehydes is 1. The van der Waals surface area contributed by atoms with Crippen LogP contribution in [0.2, 0.25) is 0 Å². The summed E-state index contributed by atoms with van der Waals surface area (Å²) in [5, 5.41) is 0. The number of aryl methyl sites for hydroxylation is 2. The average Bonchev–Trinajstić information content (AvgIpc) is 1.85. The van der Waals surface area contributed by atoms with Crippen LogP contribution in [0.15, 0.2) is 10.9 Å².